The highest BCUT2D eigenvalue weighted by molar-refractivity contribution is 5.46. The summed E-state index contributed by atoms with van der Waals surface area (Å²) in [6.45, 7) is 8.39. The molecule has 76 valence electrons. The van der Waals surface area contributed by atoms with E-state index in [0.717, 1.165) is 5.75 Å². The maximum atomic E-state index is 5.29. The Bertz CT molecular complexity index is 437. The van der Waals surface area contributed by atoms with Crippen LogP contribution in [0.3, 0.4) is 0 Å². The molecule has 0 atom stereocenters. The minimum Gasteiger partial charge on any atom is -0.496 e. The molecular formula is C13H18O. The maximum absolute atomic E-state index is 5.29. The first kappa shape index (κ1) is 10.8. The van der Waals surface area contributed by atoms with Crippen molar-refractivity contribution in [3.8, 4) is 5.75 Å². The summed E-state index contributed by atoms with van der Waals surface area (Å²) in [5.74, 6) is 0.961. The van der Waals surface area contributed by atoms with Crippen LogP contribution in [-0.4, -0.2) is 7.11 Å². The molecule has 0 saturated carbocycles. The van der Waals surface area contributed by atoms with E-state index in [4.69, 9.17) is 4.74 Å². The third-order valence-electron chi connectivity index (χ3n) is 2.42. The fraction of sp³-hybridized carbons (Fsp3) is 0.385. The number of methoxy groups -OCH3 is 1. The number of ether oxygens (including phenoxy) is 1. The van der Waals surface area contributed by atoms with Crippen molar-refractivity contribution >= 4 is 11.6 Å². The van der Waals surface area contributed by atoms with Gasteiger partial charge >= 0.3 is 0 Å². The summed E-state index contributed by atoms with van der Waals surface area (Å²) in [5, 5.41) is 2.55. The Balaban J connectivity index is 3.67. The lowest BCUT2D eigenvalue weighted by Gasteiger charge is -2.05. The second-order valence-corrected chi connectivity index (χ2v) is 3.70. The summed E-state index contributed by atoms with van der Waals surface area (Å²) in [4.78, 5) is 0. The van der Waals surface area contributed by atoms with Crippen molar-refractivity contribution < 1.29 is 4.74 Å². The zero-order chi connectivity index (χ0) is 10.7. The largest absolute Gasteiger partial charge is 0.496 e. The molecule has 0 saturated heterocycles. The minimum absolute atomic E-state index is 0.961. The molecule has 0 aromatic heterocycles. The van der Waals surface area contributed by atoms with Crippen LogP contribution in [0.2, 0.25) is 0 Å². The van der Waals surface area contributed by atoms with Crippen LogP contribution in [0.5, 0.6) is 5.75 Å². The van der Waals surface area contributed by atoms with Crippen molar-refractivity contribution in [3.05, 3.63) is 28.1 Å². The quantitative estimate of drug-likeness (QED) is 0.658. The third kappa shape index (κ3) is 1.98. The van der Waals surface area contributed by atoms with Gasteiger partial charge in [-0.3, -0.25) is 0 Å². The molecule has 0 aliphatic heterocycles. The first-order valence-electron chi connectivity index (χ1n) is 4.88. The Morgan fingerprint density at radius 2 is 1.93 bits per heavy atom. The lowest BCUT2D eigenvalue weighted by atomic mass is 10.1. The zero-order valence-electron chi connectivity index (χ0n) is 9.64. The number of benzene rings is 1. The van der Waals surface area contributed by atoms with Gasteiger partial charge in [0.2, 0.25) is 0 Å². The van der Waals surface area contributed by atoms with Gasteiger partial charge in [0, 0.05) is 0 Å². The summed E-state index contributed by atoms with van der Waals surface area (Å²) in [6.07, 6.45) is 2.12. The molecule has 1 aromatic rings. The van der Waals surface area contributed by atoms with Gasteiger partial charge in [-0.2, -0.15) is 0 Å². The van der Waals surface area contributed by atoms with Crippen molar-refractivity contribution in [1.82, 2.24) is 0 Å². The second kappa shape index (κ2) is 4.32. The van der Waals surface area contributed by atoms with Crippen LogP contribution in [-0.2, 0) is 0 Å². The van der Waals surface area contributed by atoms with Crippen LogP contribution >= 0.6 is 0 Å². The smallest absolute Gasteiger partial charge is 0.122 e. The van der Waals surface area contributed by atoms with Crippen LogP contribution in [0.15, 0.2) is 12.1 Å². The normalized spacial score (nSPS) is 11.6. The summed E-state index contributed by atoms with van der Waals surface area (Å²) in [5.41, 5.74) is 2.53. The van der Waals surface area contributed by atoms with Gasteiger partial charge in [-0.15, -0.1) is 0 Å². The van der Waals surface area contributed by atoms with Gasteiger partial charge in [0.15, 0.2) is 0 Å². The van der Waals surface area contributed by atoms with Crippen molar-refractivity contribution in [3.63, 3.8) is 0 Å². The summed E-state index contributed by atoms with van der Waals surface area (Å²) < 4.78 is 5.29. The Labute approximate surface area is 85.7 Å². The second-order valence-electron chi connectivity index (χ2n) is 3.70. The molecule has 1 aromatic carbocycles. The number of aryl methyl sites for hydroxylation is 1. The molecule has 14 heavy (non-hydrogen) atoms. The molecule has 1 rings (SSSR count). The Morgan fingerprint density at radius 3 is 2.36 bits per heavy atom. The molecule has 1 heteroatoms. The van der Waals surface area contributed by atoms with Crippen LogP contribution in [0.1, 0.15) is 26.3 Å². The third-order valence-corrected chi connectivity index (χ3v) is 2.42. The lowest BCUT2D eigenvalue weighted by molar-refractivity contribution is 0.411. The van der Waals surface area contributed by atoms with E-state index in [-0.39, 0.29) is 0 Å². The van der Waals surface area contributed by atoms with Crippen LogP contribution in [0.25, 0.3) is 11.6 Å². The highest BCUT2D eigenvalue weighted by atomic mass is 16.5. The van der Waals surface area contributed by atoms with E-state index in [1.165, 1.54) is 21.6 Å². The first-order chi connectivity index (χ1) is 6.60. The predicted molar refractivity (Wildman–Crippen MR) is 61.9 cm³/mol. The summed E-state index contributed by atoms with van der Waals surface area (Å²) in [7, 11) is 1.71. The molecule has 0 amide bonds. The van der Waals surface area contributed by atoms with Crippen molar-refractivity contribution in [1.29, 1.82) is 0 Å². The summed E-state index contributed by atoms with van der Waals surface area (Å²) in [6, 6.07) is 4.28. The molecule has 0 radical (unpaired) electrons. The van der Waals surface area contributed by atoms with Crippen LogP contribution in [0, 0.1) is 6.92 Å². The molecule has 0 bridgehead atoms. The van der Waals surface area contributed by atoms with Gasteiger partial charge in [0.05, 0.1) is 7.11 Å². The van der Waals surface area contributed by atoms with E-state index in [0.29, 0.717) is 0 Å². The first-order valence-corrected chi connectivity index (χ1v) is 4.88. The van der Waals surface area contributed by atoms with E-state index in [1.54, 1.807) is 7.11 Å². The Kier molecular flexibility index (Phi) is 3.34. The molecule has 0 N–H and O–H groups in total. The molecule has 0 unspecified atom stereocenters. The Hall–Kier alpha value is -1.24. The number of hydrogen-bond donors (Lipinski definition) is 0. The van der Waals surface area contributed by atoms with Gasteiger partial charge in [0.1, 0.15) is 5.75 Å². The van der Waals surface area contributed by atoms with E-state index in [9.17, 15) is 0 Å². The van der Waals surface area contributed by atoms with Crippen molar-refractivity contribution in [2.75, 3.05) is 7.11 Å². The molecular weight excluding hydrogens is 172 g/mol. The highest BCUT2D eigenvalue weighted by Crippen LogP contribution is 2.11. The van der Waals surface area contributed by atoms with Crippen LogP contribution < -0.4 is 15.2 Å². The highest BCUT2D eigenvalue weighted by Gasteiger charge is 1.98. The van der Waals surface area contributed by atoms with E-state index in [2.05, 4.69) is 45.9 Å². The van der Waals surface area contributed by atoms with Crippen LogP contribution in [0.4, 0.5) is 0 Å². The molecule has 0 aliphatic rings. The average Bonchev–Trinajstić information content (AvgIpc) is 2.17. The fourth-order valence-electron chi connectivity index (χ4n) is 1.60. The SMILES string of the molecule is C/C=c1/cc(OC)c(C)cc1=C(C)C. The minimum atomic E-state index is 0.961. The van der Waals surface area contributed by atoms with E-state index >= 15 is 0 Å². The maximum Gasteiger partial charge on any atom is 0.122 e. The predicted octanol–water partition coefficient (Wildman–Crippen LogP) is 1.99. The Morgan fingerprint density at radius 1 is 1.29 bits per heavy atom. The van der Waals surface area contributed by atoms with Gasteiger partial charge in [-0.05, 0) is 55.8 Å². The zero-order valence-corrected chi connectivity index (χ0v) is 9.64. The van der Waals surface area contributed by atoms with Gasteiger partial charge in [-0.1, -0.05) is 11.6 Å². The molecule has 0 aliphatic carbocycles. The molecule has 0 spiro atoms. The van der Waals surface area contributed by atoms with E-state index < -0.39 is 0 Å². The van der Waals surface area contributed by atoms with Gasteiger partial charge < -0.3 is 4.74 Å². The molecule has 0 heterocycles. The average molecular weight is 190 g/mol. The van der Waals surface area contributed by atoms with E-state index in [1.807, 2.05) is 0 Å². The number of rotatable bonds is 1. The van der Waals surface area contributed by atoms with Gasteiger partial charge in [-0.25, -0.2) is 0 Å². The van der Waals surface area contributed by atoms with Crippen molar-refractivity contribution in [2.45, 2.75) is 27.7 Å². The molecule has 0 fully saturated rings. The molecule has 1 nitrogen and oxygen atoms in total. The summed E-state index contributed by atoms with van der Waals surface area (Å²) >= 11 is 0. The topological polar surface area (TPSA) is 9.23 Å². The van der Waals surface area contributed by atoms with Gasteiger partial charge in [0.25, 0.3) is 0 Å². The van der Waals surface area contributed by atoms with Crippen molar-refractivity contribution in [2.24, 2.45) is 0 Å². The number of hydrogen-bond acceptors (Lipinski definition) is 1. The lowest BCUT2D eigenvalue weighted by Crippen LogP contribution is -2.26. The fourth-order valence-corrected chi connectivity index (χ4v) is 1.60. The monoisotopic (exact) mass is 190 g/mol. The standard InChI is InChI=1S/C13H18O/c1-6-11-8-13(14-5)10(4)7-12(11)9(2)3/h6-8H,1-5H3/b11-6-.